The number of benzene rings is 2. The first-order valence-corrected chi connectivity index (χ1v) is 12.8. The molecule has 2 aromatic carbocycles. The van der Waals surface area contributed by atoms with Crippen LogP contribution in [-0.4, -0.2) is 38.7 Å². The number of thiophene rings is 1. The fourth-order valence-corrected chi connectivity index (χ4v) is 5.52. The third kappa shape index (κ3) is 4.37. The van der Waals surface area contributed by atoms with Crippen molar-refractivity contribution in [1.82, 2.24) is 25.1 Å². The number of anilines is 1. The second-order valence-corrected chi connectivity index (χ2v) is 10.1. The van der Waals surface area contributed by atoms with Crippen molar-refractivity contribution in [2.45, 2.75) is 26.3 Å². The summed E-state index contributed by atoms with van der Waals surface area (Å²) in [6.45, 7) is 4.11. The van der Waals surface area contributed by atoms with Gasteiger partial charge in [0.05, 0.1) is 17.0 Å². The standard InChI is InChI=1S/C27H26N6OS/c1-18-4-7-22(8-5-18)33-16-23-25(31-33)29-17-30-26(23)32-11-2-3-21(15-32)27(34)28-14-19-6-9-24-20(13-19)10-12-35-24/h4-10,12-13,16-17,21H,2-3,11,14-15H2,1H3,(H,28,34)/t21-/m1/s1. The zero-order valence-electron chi connectivity index (χ0n) is 19.5. The molecule has 176 valence electrons. The first-order valence-electron chi connectivity index (χ1n) is 11.9. The van der Waals surface area contributed by atoms with Crippen LogP contribution in [0, 0.1) is 12.8 Å². The average Bonchev–Trinajstić information content (AvgIpc) is 3.54. The summed E-state index contributed by atoms with van der Waals surface area (Å²) in [5.74, 6) is 0.861. The van der Waals surface area contributed by atoms with Crippen molar-refractivity contribution < 1.29 is 4.79 Å². The van der Waals surface area contributed by atoms with Crippen LogP contribution in [0.25, 0.3) is 26.8 Å². The van der Waals surface area contributed by atoms with Crippen molar-refractivity contribution in [2.75, 3.05) is 18.0 Å². The van der Waals surface area contributed by atoms with Crippen LogP contribution in [0.4, 0.5) is 5.82 Å². The maximum atomic E-state index is 13.1. The summed E-state index contributed by atoms with van der Waals surface area (Å²) in [5.41, 5.74) is 3.97. The Morgan fingerprint density at radius 3 is 2.91 bits per heavy atom. The fourth-order valence-electron chi connectivity index (χ4n) is 4.75. The first-order chi connectivity index (χ1) is 17.1. The van der Waals surface area contributed by atoms with Crippen LogP contribution in [0.3, 0.4) is 0 Å². The molecule has 5 aromatic rings. The molecule has 0 unspecified atom stereocenters. The van der Waals surface area contributed by atoms with Crippen molar-refractivity contribution in [3.8, 4) is 5.69 Å². The zero-order chi connectivity index (χ0) is 23.8. The average molecular weight is 483 g/mol. The lowest BCUT2D eigenvalue weighted by atomic mass is 9.97. The minimum atomic E-state index is -0.0780. The molecule has 0 aliphatic carbocycles. The highest BCUT2D eigenvalue weighted by Crippen LogP contribution is 2.28. The van der Waals surface area contributed by atoms with Gasteiger partial charge in [0.2, 0.25) is 5.91 Å². The second kappa shape index (κ2) is 9.11. The van der Waals surface area contributed by atoms with E-state index in [2.05, 4.69) is 74.0 Å². The Morgan fingerprint density at radius 1 is 1.14 bits per heavy atom. The molecule has 8 heteroatoms. The highest BCUT2D eigenvalue weighted by atomic mass is 32.1. The number of amides is 1. The van der Waals surface area contributed by atoms with Gasteiger partial charge < -0.3 is 10.2 Å². The van der Waals surface area contributed by atoms with E-state index in [0.717, 1.165) is 41.8 Å². The molecule has 3 aromatic heterocycles. The van der Waals surface area contributed by atoms with Crippen molar-refractivity contribution in [3.63, 3.8) is 0 Å². The summed E-state index contributed by atoms with van der Waals surface area (Å²) >= 11 is 1.73. The molecule has 1 N–H and O–H groups in total. The number of rotatable bonds is 5. The van der Waals surface area contributed by atoms with Gasteiger partial charge in [-0.15, -0.1) is 16.4 Å². The first kappa shape index (κ1) is 21.7. The van der Waals surface area contributed by atoms with Crippen molar-refractivity contribution in [3.05, 3.63) is 77.6 Å². The van der Waals surface area contributed by atoms with Gasteiger partial charge in [-0.1, -0.05) is 23.8 Å². The number of nitrogens with zero attached hydrogens (tertiary/aromatic N) is 5. The van der Waals surface area contributed by atoms with E-state index >= 15 is 0 Å². The van der Waals surface area contributed by atoms with Crippen molar-refractivity contribution in [1.29, 1.82) is 0 Å². The minimum absolute atomic E-state index is 0.0780. The van der Waals surface area contributed by atoms with Gasteiger partial charge in [0.1, 0.15) is 12.1 Å². The monoisotopic (exact) mass is 482 g/mol. The van der Waals surface area contributed by atoms with Gasteiger partial charge in [-0.25, -0.2) is 14.6 Å². The number of fused-ring (bicyclic) bond motifs is 2. The van der Waals surface area contributed by atoms with E-state index in [1.54, 1.807) is 17.7 Å². The second-order valence-electron chi connectivity index (χ2n) is 9.14. The third-order valence-electron chi connectivity index (χ3n) is 6.67. The van der Waals surface area contributed by atoms with Gasteiger partial charge in [0.25, 0.3) is 0 Å². The molecule has 1 amide bonds. The van der Waals surface area contributed by atoms with Gasteiger partial charge >= 0.3 is 0 Å². The number of aryl methyl sites for hydroxylation is 1. The van der Waals surface area contributed by atoms with E-state index in [0.29, 0.717) is 18.7 Å². The number of piperidine rings is 1. The lowest BCUT2D eigenvalue weighted by Crippen LogP contribution is -2.43. The van der Waals surface area contributed by atoms with Gasteiger partial charge in [-0.3, -0.25) is 4.79 Å². The predicted molar refractivity (Wildman–Crippen MR) is 140 cm³/mol. The van der Waals surface area contributed by atoms with E-state index in [1.165, 1.54) is 15.6 Å². The zero-order valence-corrected chi connectivity index (χ0v) is 20.3. The summed E-state index contributed by atoms with van der Waals surface area (Å²) in [6, 6.07) is 16.7. The normalized spacial score (nSPS) is 16.1. The molecule has 0 radical (unpaired) electrons. The van der Waals surface area contributed by atoms with E-state index in [1.807, 2.05) is 23.0 Å². The number of carbonyl (C=O) groups is 1. The molecular weight excluding hydrogens is 456 g/mol. The Hall–Kier alpha value is -3.78. The summed E-state index contributed by atoms with van der Waals surface area (Å²) in [5, 5.41) is 12.0. The molecule has 6 rings (SSSR count). The molecule has 1 aliphatic rings. The van der Waals surface area contributed by atoms with Crippen LogP contribution in [0.15, 0.2) is 66.4 Å². The largest absolute Gasteiger partial charge is 0.355 e. The van der Waals surface area contributed by atoms with Crippen LogP contribution < -0.4 is 10.2 Å². The molecule has 0 spiro atoms. The van der Waals surface area contributed by atoms with E-state index in [9.17, 15) is 4.79 Å². The fraction of sp³-hybridized carbons (Fsp3) is 0.259. The summed E-state index contributed by atoms with van der Waals surface area (Å²) in [6.07, 6.45) is 5.37. The maximum absolute atomic E-state index is 13.1. The topological polar surface area (TPSA) is 75.9 Å². The van der Waals surface area contributed by atoms with E-state index < -0.39 is 0 Å². The van der Waals surface area contributed by atoms with E-state index in [4.69, 9.17) is 0 Å². The Labute approximate surface area is 207 Å². The highest BCUT2D eigenvalue weighted by Gasteiger charge is 2.28. The molecule has 1 fully saturated rings. The number of hydrogen-bond acceptors (Lipinski definition) is 6. The Morgan fingerprint density at radius 2 is 2.03 bits per heavy atom. The lowest BCUT2D eigenvalue weighted by Gasteiger charge is -2.33. The van der Waals surface area contributed by atoms with Crippen LogP contribution in [0.2, 0.25) is 0 Å². The van der Waals surface area contributed by atoms with Crippen LogP contribution in [0.1, 0.15) is 24.0 Å². The number of aromatic nitrogens is 4. The Balaban J connectivity index is 1.18. The SMILES string of the molecule is Cc1ccc(-n2cc3c(N4CCC[C@@H](C(=O)NCc5ccc6sccc6c5)C4)ncnc3n2)cc1. The molecule has 35 heavy (non-hydrogen) atoms. The number of nitrogens with one attached hydrogen (secondary N) is 1. The summed E-state index contributed by atoms with van der Waals surface area (Å²) in [4.78, 5) is 24.2. The molecule has 4 heterocycles. The number of carbonyl (C=O) groups excluding carboxylic acids is 1. The molecule has 7 nitrogen and oxygen atoms in total. The molecule has 0 saturated carbocycles. The summed E-state index contributed by atoms with van der Waals surface area (Å²) < 4.78 is 3.12. The van der Waals surface area contributed by atoms with Crippen molar-refractivity contribution >= 4 is 44.2 Å². The molecule has 0 bridgehead atoms. The van der Waals surface area contributed by atoms with Crippen LogP contribution in [0.5, 0.6) is 0 Å². The highest BCUT2D eigenvalue weighted by molar-refractivity contribution is 7.17. The minimum Gasteiger partial charge on any atom is -0.355 e. The Kier molecular flexibility index (Phi) is 5.66. The van der Waals surface area contributed by atoms with Crippen LogP contribution >= 0.6 is 11.3 Å². The number of hydrogen-bond donors (Lipinski definition) is 1. The Bertz CT molecular complexity index is 1510. The van der Waals surface area contributed by atoms with Gasteiger partial charge in [-0.05, 0) is 66.4 Å². The van der Waals surface area contributed by atoms with Gasteiger partial charge in [0.15, 0.2) is 5.65 Å². The molecule has 1 atom stereocenters. The third-order valence-corrected chi connectivity index (χ3v) is 7.57. The molecular formula is C27H26N6OS. The molecule has 1 saturated heterocycles. The lowest BCUT2D eigenvalue weighted by molar-refractivity contribution is -0.125. The maximum Gasteiger partial charge on any atom is 0.225 e. The van der Waals surface area contributed by atoms with Gasteiger partial charge in [0, 0.05) is 30.5 Å². The van der Waals surface area contributed by atoms with Crippen LogP contribution in [-0.2, 0) is 11.3 Å². The molecule has 1 aliphatic heterocycles. The van der Waals surface area contributed by atoms with Gasteiger partial charge in [-0.2, -0.15) is 0 Å². The summed E-state index contributed by atoms with van der Waals surface area (Å²) in [7, 11) is 0. The van der Waals surface area contributed by atoms with E-state index in [-0.39, 0.29) is 11.8 Å². The van der Waals surface area contributed by atoms with Crippen molar-refractivity contribution in [2.24, 2.45) is 5.92 Å². The quantitative estimate of drug-likeness (QED) is 0.387. The predicted octanol–water partition coefficient (Wildman–Crippen LogP) is 4.87. The smallest absolute Gasteiger partial charge is 0.225 e.